The van der Waals surface area contributed by atoms with Gasteiger partial charge in [0.2, 0.25) is 5.91 Å². The molecule has 4 nitrogen and oxygen atoms in total. The first-order chi connectivity index (χ1) is 12.6. The van der Waals surface area contributed by atoms with Crippen LogP contribution in [0.5, 0.6) is 5.75 Å². The maximum atomic E-state index is 12.6. The van der Waals surface area contributed by atoms with E-state index in [2.05, 4.69) is 5.32 Å². The van der Waals surface area contributed by atoms with E-state index in [1.165, 1.54) is 0 Å². The molecule has 5 heteroatoms. The van der Waals surface area contributed by atoms with Crippen molar-refractivity contribution in [1.82, 2.24) is 10.2 Å². The van der Waals surface area contributed by atoms with Gasteiger partial charge in [-0.05, 0) is 61.3 Å². The molecule has 0 spiro atoms. The van der Waals surface area contributed by atoms with Gasteiger partial charge in [0, 0.05) is 18.1 Å². The largest absolute Gasteiger partial charge is 0.489 e. The fourth-order valence-corrected chi connectivity index (χ4v) is 3.32. The van der Waals surface area contributed by atoms with E-state index in [4.69, 9.17) is 16.3 Å². The molecule has 0 unspecified atom stereocenters. The molecule has 26 heavy (non-hydrogen) atoms. The first kappa shape index (κ1) is 18.7. The summed E-state index contributed by atoms with van der Waals surface area (Å²) in [6.07, 6.45) is 2.44. The van der Waals surface area contributed by atoms with Gasteiger partial charge < -0.3 is 15.0 Å². The summed E-state index contributed by atoms with van der Waals surface area (Å²) in [6.45, 7) is 2.44. The van der Waals surface area contributed by atoms with Gasteiger partial charge in [-0.3, -0.25) is 4.79 Å². The van der Waals surface area contributed by atoms with E-state index in [9.17, 15) is 4.79 Å². The van der Waals surface area contributed by atoms with E-state index < -0.39 is 0 Å². The van der Waals surface area contributed by atoms with Crippen LogP contribution in [0.2, 0.25) is 5.02 Å². The van der Waals surface area contributed by atoms with Crippen molar-refractivity contribution in [2.24, 2.45) is 0 Å². The summed E-state index contributed by atoms with van der Waals surface area (Å²) in [7, 11) is 1.92. The normalized spacial score (nSPS) is 14.8. The van der Waals surface area contributed by atoms with Crippen molar-refractivity contribution in [3.63, 3.8) is 0 Å². The van der Waals surface area contributed by atoms with E-state index in [0.29, 0.717) is 24.1 Å². The number of rotatable bonds is 6. The Morgan fingerprint density at radius 2 is 1.88 bits per heavy atom. The van der Waals surface area contributed by atoms with Crippen molar-refractivity contribution in [2.75, 3.05) is 20.1 Å². The minimum atomic E-state index is 0.159. The standard InChI is InChI=1S/C21H25ClN2O2/c1-24(19-9-11-23-12-10-19)21(25)14-17-3-2-4-20(13-17)26-15-16-5-7-18(22)8-6-16/h2-8,13,19,23H,9-12,14-15H2,1H3. The van der Waals surface area contributed by atoms with Crippen LogP contribution in [0.3, 0.4) is 0 Å². The van der Waals surface area contributed by atoms with Crippen LogP contribution in [0.25, 0.3) is 0 Å². The number of halogens is 1. The molecular formula is C21H25ClN2O2. The fourth-order valence-electron chi connectivity index (χ4n) is 3.19. The minimum absolute atomic E-state index is 0.159. The van der Waals surface area contributed by atoms with E-state index in [-0.39, 0.29) is 5.91 Å². The number of carbonyl (C=O) groups is 1. The van der Waals surface area contributed by atoms with Crippen molar-refractivity contribution in [3.8, 4) is 5.75 Å². The second-order valence-electron chi connectivity index (χ2n) is 6.73. The number of piperidine rings is 1. The van der Waals surface area contributed by atoms with Gasteiger partial charge in [0.15, 0.2) is 0 Å². The Bertz CT molecular complexity index is 727. The Balaban J connectivity index is 1.56. The van der Waals surface area contributed by atoms with Gasteiger partial charge >= 0.3 is 0 Å². The first-order valence-electron chi connectivity index (χ1n) is 9.04. The van der Waals surface area contributed by atoms with E-state index >= 15 is 0 Å². The van der Waals surface area contributed by atoms with E-state index in [0.717, 1.165) is 42.8 Å². The Labute approximate surface area is 160 Å². The highest BCUT2D eigenvalue weighted by atomic mass is 35.5. The Morgan fingerprint density at radius 1 is 1.15 bits per heavy atom. The van der Waals surface area contributed by atoms with Gasteiger partial charge in [-0.1, -0.05) is 35.9 Å². The molecular weight excluding hydrogens is 348 g/mol. The van der Waals surface area contributed by atoms with Crippen LogP contribution in [0.15, 0.2) is 48.5 Å². The lowest BCUT2D eigenvalue weighted by Crippen LogP contribution is -2.44. The average molecular weight is 373 g/mol. The Hall–Kier alpha value is -2.04. The molecule has 0 atom stereocenters. The molecule has 0 aliphatic carbocycles. The highest BCUT2D eigenvalue weighted by Gasteiger charge is 2.21. The molecule has 0 bridgehead atoms. The molecule has 1 saturated heterocycles. The van der Waals surface area contributed by atoms with Gasteiger partial charge in [0.05, 0.1) is 6.42 Å². The van der Waals surface area contributed by atoms with Crippen LogP contribution in [-0.4, -0.2) is 37.0 Å². The number of hydrogen-bond acceptors (Lipinski definition) is 3. The molecule has 0 aromatic heterocycles. The van der Waals surface area contributed by atoms with Crippen molar-refractivity contribution in [3.05, 3.63) is 64.7 Å². The Kier molecular flexibility index (Phi) is 6.53. The van der Waals surface area contributed by atoms with Crippen LogP contribution in [0.4, 0.5) is 0 Å². The minimum Gasteiger partial charge on any atom is -0.489 e. The summed E-state index contributed by atoms with van der Waals surface area (Å²) in [4.78, 5) is 14.5. The highest BCUT2D eigenvalue weighted by molar-refractivity contribution is 6.30. The van der Waals surface area contributed by atoms with Gasteiger partial charge in [-0.2, -0.15) is 0 Å². The van der Waals surface area contributed by atoms with E-state index in [1.54, 1.807) is 0 Å². The van der Waals surface area contributed by atoms with Gasteiger partial charge in [-0.15, -0.1) is 0 Å². The second kappa shape index (κ2) is 9.06. The Morgan fingerprint density at radius 3 is 2.62 bits per heavy atom. The molecule has 2 aromatic carbocycles. The lowest BCUT2D eigenvalue weighted by atomic mass is 10.0. The zero-order valence-corrected chi connectivity index (χ0v) is 15.8. The van der Waals surface area contributed by atoms with Crippen LogP contribution >= 0.6 is 11.6 Å². The number of nitrogens with zero attached hydrogens (tertiary/aromatic N) is 1. The summed E-state index contributed by atoms with van der Waals surface area (Å²) < 4.78 is 5.85. The summed E-state index contributed by atoms with van der Waals surface area (Å²) in [6, 6.07) is 15.7. The topological polar surface area (TPSA) is 41.6 Å². The molecule has 0 radical (unpaired) electrons. The quantitative estimate of drug-likeness (QED) is 0.841. The molecule has 0 saturated carbocycles. The maximum Gasteiger partial charge on any atom is 0.226 e. The molecule has 3 rings (SSSR count). The smallest absolute Gasteiger partial charge is 0.226 e. The molecule has 2 aromatic rings. The maximum absolute atomic E-state index is 12.6. The van der Waals surface area contributed by atoms with Crippen molar-refractivity contribution >= 4 is 17.5 Å². The zero-order valence-electron chi connectivity index (χ0n) is 15.1. The number of likely N-dealkylation sites (N-methyl/N-ethyl adjacent to an activating group) is 1. The third kappa shape index (κ3) is 5.23. The predicted molar refractivity (Wildman–Crippen MR) is 105 cm³/mol. The lowest BCUT2D eigenvalue weighted by molar-refractivity contribution is -0.131. The molecule has 138 valence electrons. The fraction of sp³-hybridized carbons (Fsp3) is 0.381. The zero-order chi connectivity index (χ0) is 18.4. The number of ether oxygens (including phenoxy) is 1. The molecule has 1 heterocycles. The van der Waals surface area contributed by atoms with Gasteiger partial charge in [0.25, 0.3) is 0 Å². The lowest BCUT2D eigenvalue weighted by Gasteiger charge is -2.31. The molecule has 1 aliphatic heterocycles. The van der Waals surface area contributed by atoms with Gasteiger partial charge in [-0.25, -0.2) is 0 Å². The third-order valence-corrected chi connectivity index (χ3v) is 5.07. The summed E-state index contributed by atoms with van der Waals surface area (Å²) in [5.74, 6) is 0.932. The van der Waals surface area contributed by atoms with Crippen LogP contribution in [0, 0.1) is 0 Å². The summed E-state index contributed by atoms with van der Waals surface area (Å²) in [5.41, 5.74) is 2.03. The third-order valence-electron chi connectivity index (χ3n) is 4.82. The SMILES string of the molecule is CN(C(=O)Cc1cccc(OCc2ccc(Cl)cc2)c1)C1CCNCC1. The summed E-state index contributed by atoms with van der Waals surface area (Å²) >= 11 is 5.90. The van der Waals surface area contributed by atoms with Crippen molar-refractivity contribution < 1.29 is 9.53 Å². The number of carbonyl (C=O) groups excluding carboxylic acids is 1. The second-order valence-corrected chi connectivity index (χ2v) is 7.16. The predicted octanol–water partition coefficient (Wildman–Crippen LogP) is 3.67. The highest BCUT2D eigenvalue weighted by Crippen LogP contribution is 2.18. The molecule has 1 fully saturated rings. The number of hydrogen-bond donors (Lipinski definition) is 1. The monoisotopic (exact) mass is 372 g/mol. The average Bonchev–Trinajstić information content (AvgIpc) is 2.68. The number of amides is 1. The van der Waals surface area contributed by atoms with Crippen molar-refractivity contribution in [2.45, 2.75) is 31.9 Å². The van der Waals surface area contributed by atoms with Crippen molar-refractivity contribution in [1.29, 1.82) is 0 Å². The number of nitrogens with one attached hydrogen (secondary N) is 1. The van der Waals surface area contributed by atoms with Crippen LogP contribution < -0.4 is 10.1 Å². The molecule has 1 aliphatic rings. The summed E-state index contributed by atoms with van der Waals surface area (Å²) in [5, 5.41) is 4.05. The molecule has 1 amide bonds. The number of benzene rings is 2. The van der Waals surface area contributed by atoms with E-state index in [1.807, 2.05) is 60.5 Å². The van der Waals surface area contributed by atoms with Crippen LogP contribution in [0.1, 0.15) is 24.0 Å². The van der Waals surface area contributed by atoms with Gasteiger partial charge in [0.1, 0.15) is 12.4 Å². The molecule has 1 N–H and O–H groups in total. The van der Waals surface area contributed by atoms with Crippen LogP contribution in [-0.2, 0) is 17.8 Å². The first-order valence-corrected chi connectivity index (χ1v) is 9.42.